The Kier molecular flexibility index (Phi) is 5.95. The molecule has 0 aromatic heterocycles. The average Bonchev–Trinajstić information content (AvgIpc) is 2.36. The molecule has 0 heterocycles. The van der Waals surface area contributed by atoms with E-state index in [0.717, 1.165) is 0 Å². The Balaban J connectivity index is 0.00000289. The second-order valence-electron chi connectivity index (χ2n) is 2.78. The van der Waals surface area contributed by atoms with Gasteiger partial charge in [-0.25, -0.2) is 0 Å². The Hall–Kier alpha value is -1.98. The van der Waals surface area contributed by atoms with Gasteiger partial charge >= 0.3 is 29.6 Å². The van der Waals surface area contributed by atoms with Gasteiger partial charge in [-0.3, -0.25) is 0 Å². The molecule has 0 N–H and O–H groups in total. The van der Waals surface area contributed by atoms with Crippen molar-refractivity contribution in [3.05, 3.63) is 27.8 Å². The van der Waals surface area contributed by atoms with Gasteiger partial charge in [-0.2, -0.15) is 26.3 Å². The molecule has 1 aromatic carbocycles. The van der Waals surface area contributed by atoms with Crippen molar-refractivity contribution < 1.29 is 0 Å². The summed E-state index contributed by atoms with van der Waals surface area (Å²) in [6, 6.07) is 8.43. The Morgan fingerprint density at radius 1 is 0.556 bits per heavy atom. The third-order valence-electron chi connectivity index (χ3n) is 2.03. The summed E-state index contributed by atoms with van der Waals surface area (Å²) in [7, 11) is 0. The number of nitrogens with zero attached hydrogens (tertiary/aromatic N) is 5. The van der Waals surface area contributed by atoms with Crippen LogP contribution in [0.15, 0.2) is 4.90 Å². The predicted molar refractivity (Wildman–Crippen MR) is 64.4 cm³/mol. The van der Waals surface area contributed by atoms with Crippen LogP contribution in [0.5, 0.6) is 0 Å². The van der Waals surface area contributed by atoms with Crippen molar-refractivity contribution in [3.63, 3.8) is 0 Å². The summed E-state index contributed by atoms with van der Waals surface area (Å²) >= 11 is 3.95. The monoisotopic (exact) mass is 259 g/mol. The molecule has 0 amide bonds. The van der Waals surface area contributed by atoms with E-state index in [-0.39, 0.29) is 62.3 Å². The van der Waals surface area contributed by atoms with Crippen molar-refractivity contribution in [1.82, 2.24) is 0 Å². The zero-order valence-corrected chi connectivity index (χ0v) is 9.08. The molecule has 0 aliphatic carbocycles. The fourth-order valence-electron chi connectivity index (χ4n) is 1.29. The van der Waals surface area contributed by atoms with Crippen LogP contribution in [0.25, 0.3) is 0 Å². The molecule has 0 saturated heterocycles. The van der Waals surface area contributed by atoms with Gasteiger partial charge in [0.1, 0.15) is 30.3 Å². The normalized spacial score (nSPS) is 7.56. The maximum atomic E-state index is 8.90. The van der Waals surface area contributed by atoms with E-state index >= 15 is 0 Å². The van der Waals surface area contributed by atoms with Crippen LogP contribution < -0.4 is 0 Å². The molecular weight excluding hydrogens is 257 g/mol. The standard InChI is InChI=1S/C11HN5S.Na.H/c12-1-6-7(2-13)9(4-15)11(17)10(5-16)8(6)3-14;;/h17H;;. The van der Waals surface area contributed by atoms with Crippen LogP contribution in [0.1, 0.15) is 27.8 Å². The van der Waals surface area contributed by atoms with E-state index in [2.05, 4.69) is 12.6 Å². The number of hydrogen-bond acceptors (Lipinski definition) is 6. The van der Waals surface area contributed by atoms with E-state index in [9.17, 15) is 0 Å². The molecule has 0 unspecified atom stereocenters. The summed E-state index contributed by atoms with van der Waals surface area (Å²) in [6.45, 7) is 0. The van der Waals surface area contributed by atoms with E-state index in [4.69, 9.17) is 26.3 Å². The van der Waals surface area contributed by atoms with Crippen molar-refractivity contribution in [1.29, 1.82) is 26.3 Å². The molecular formula is C11H2N5NaS. The summed E-state index contributed by atoms with van der Waals surface area (Å²) < 4.78 is 0. The van der Waals surface area contributed by atoms with E-state index in [1.165, 1.54) is 0 Å². The van der Waals surface area contributed by atoms with Gasteiger partial charge < -0.3 is 0 Å². The van der Waals surface area contributed by atoms with Crippen molar-refractivity contribution in [2.45, 2.75) is 4.90 Å². The topological polar surface area (TPSA) is 119 Å². The molecule has 0 bridgehead atoms. The first-order valence-corrected chi connectivity index (χ1v) is 4.54. The van der Waals surface area contributed by atoms with Crippen LogP contribution in [0, 0.1) is 56.7 Å². The first-order chi connectivity index (χ1) is 8.15. The quantitative estimate of drug-likeness (QED) is 0.542. The molecule has 7 heteroatoms. The SMILES string of the molecule is N#Cc1c(S)c(C#N)c(C#N)c(C#N)c1C#N.[NaH]. The minimum atomic E-state index is -0.263. The van der Waals surface area contributed by atoms with Gasteiger partial charge in [-0.05, 0) is 0 Å². The summed E-state index contributed by atoms with van der Waals surface area (Å²) in [5.41, 5.74) is -1.04. The molecule has 0 spiro atoms. The van der Waals surface area contributed by atoms with E-state index < -0.39 is 0 Å². The summed E-state index contributed by atoms with van der Waals surface area (Å²) in [5, 5.41) is 44.4. The van der Waals surface area contributed by atoms with Crippen LogP contribution in [0.4, 0.5) is 0 Å². The fraction of sp³-hybridized carbons (Fsp3) is 0. The van der Waals surface area contributed by atoms with Crippen LogP contribution >= 0.6 is 12.6 Å². The van der Waals surface area contributed by atoms with Gasteiger partial charge in [0.25, 0.3) is 0 Å². The minimum absolute atomic E-state index is 0. The number of rotatable bonds is 0. The average molecular weight is 259 g/mol. The van der Waals surface area contributed by atoms with Crippen LogP contribution in [-0.2, 0) is 0 Å². The van der Waals surface area contributed by atoms with Crippen LogP contribution in [0.3, 0.4) is 0 Å². The van der Waals surface area contributed by atoms with Gasteiger partial charge in [0, 0.05) is 4.90 Å². The number of benzene rings is 1. The predicted octanol–water partition coefficient (Wildman–Crippen LogP) is 0.685. The molecule has 0 atom stereocenters. The first kappa shape index (κ1) is 16.0. The molecule has 18 heavy (non-hydrogen) atoms. The first-order valence-electron chi connectivity index (χ1n) is 4.09. The molecule has 1 rings (SSSR count). The molecule has 0 radical (unpaired) electrons. The zero-order chi connectivity index (χ0) is 13.0. The second-order valence-corrected chi connectivity index (χ2v) is 3.23. The summed E-state index contributed by atoms with van der Waals surface area (Å²) in [6.07, 6.45) is 0. The molecule has 0 saturated carbocycles. The number of hydrogen-bond donors (Lipinski definition) is 1. The van der Waals surface area contributed by atoms with Crippen LogP contribution in [-0.4, -0.2) is 29.6 Å². The van der Waals surface area contributed by atoms with Gasteiger partial charge in [-0.1, -0.05) is 0 Å². The molecule has 0 aliphatic rings. The fourth-order valence-corrected chi connectivity index (χ4v) is 1.61. The maximum absolute atomic E-state index is 8.90. The third kappa shape index (κ3) is 2.32. The summed E-state index contributed by atoms with van der Waals surface area (Å²) in [4.78, 5) is -0.0536. The van der Waals surface area contributed by atoms with Crippen molar-refractivity contribution in [2.75, 3.05) is 0 Å². The third-order valence-corrected chi connectivity index (χ3v) is 2.48. The Bertz CT molecular complexity index is 666. The second kappa shape index (κ2) is 6.68. The molecule has 5 nitrogen and oxygen atoms in total. The molecule has 78 valence electrons. The van der Waals surface area contributed by atoms with E-state index in [1.54, 1.807) is 30.3 Å². The number of nitriles is 5. The molecule has 1 aromatic rings. The van der Waals surface area contributed by atoms with Gasteiger partial charge in [-0.15, -0.1) is 12.6 Å². The number of thiol groups is 1. The van der Waals surface area contributed by atoms with Crippen molar-refractivity contribution >= 4 is 42.2 Å². The molecule has 0 fully saturated rings. The molecule has 0 aliphatic heterocycles. The van der Waals surface area contributed by atoms with E-state index in [0.29, 0.717) is 0 Å². The van der Waals surface area contributed by atoms with Gasteiger partial charge in [0.2, 0.25) is 0 Å². The zero-order valence-electron chi connectivity index (χ0n) is 8.18. The Morgan fingerprint density at radius 2 is 0.778 bits per heavy atom. The Morgan fingerprint density at radius 3 is 1.00 bits per heavy atom. The van der Waals surface area contributed by atoms with Gasteiger partial charge in [0.05, 0.1) is 27.8 Å². The van der Waals surface area contributed by atoms with Crippen LogP contribution in [0.2, 0.25) is 0 Å². The van der Waals surface area contributed by atoms with Gasteiger partial charge in [0.15, 0.2) is 0 Å². The Labute approximate surface area is 131 Å². The van der Waals surface area contributed by atoms with Crippen molar-refractivity contribution in [2.24, 2.45) is 0 Å². The van der Waals surface area contributed by atoms with E-state index in [1.807, 2.05) is 0 Å². The summed E-state index contributed by atoms with van der Waals surface area (Å²) in [5.74, 6) is 0. The van der Waals surface area contributed by atoms with Crippen molar-refractivity contribution in [3.8, 4) is 30.3 Å².